The van der Waals surface area contributed by atoms with Crippen molar-refractivity contribution in [2.75, 3.05) is 39.9 Å². The van der Waals surface area contributed by atoms with Crippen LogP contribution in [0.25, 0.3) is 0 Å². The molecule has 0 saturated carbocycles. The minimum absolute atomic E-state index is 0.149. The number of carboxylic acids is 1. The Morgan fingerprint density at radius 2 is 2.08 bits per heavy atom. The van der Waals surface area contributed by atoms with Gasteiger partial charge >= 0.3 is 0 Å². The molecule has 1 heterocycles. The maximum Gasteiger partial charge on any atom is 0.102 e. The van der Waals surface area contributed by atoms with Gasteiger partial charge in [-0.2, -0.15) is 0 Å². The number of hydrogen-bond acceptors (Lipinski definition) is 3. The number of rotatable bonds is 3. The third-order valence-corrected chi connectivity index (χ3v) is 2.41. The highest BCUT2D eigenvalue weighted by Gasteiger charge is 2.24. The van der Waals surface area contributed by atoms with Gasteiger partial charge in [0.2, 0.25) is 0 Å². The number of carbonyl (C=O) groups excluding carboxylic acids is 1. The smallest absolute Gasteiger partial charge is 0.102 e. The minimum Gasteiger partial charge on any atom is -0.550 e. The van der Waals surface area contributed by atoms with Crippen molar-refractivity contribution in [3.05, 3.63) is 0 Å². The number of quaternary nitrogens is 1. The monoisotopic (exact) mass is 173 g/mol. The fraction of sp³-hybridized carbons (Fsp3) is 0.875. The van der Waals surface area contributed by atoms with Crippen LogP contribution in [-0.4, -0.2) is 50.3 Å². The quantitative estimate of drug-likeness (QED) is 0.493. The molecule has 0 aromatic carbocycles. The number of morpholine rings is 1. The van der Waals surface area contributed by atoms with Gasteiger partial charge in [0.1, 0.15) is 13.1 Å². The molecule has 1 fully saturated rings. The molecule has 1 saturated heterocycles. The van der Waals surface area contributed by atoms with Crippen molar-refractivity contribution in [2.24, 2.45) is 0 Å². The first-order valence-corrected chi connectivity index (χ1v) is 4.24. The van der Waals surface area contributed by atoms with Crippen LogP contribution in [0.3, 0.4) is 0 Å². The van der Waals surface area contributed by atoms with E-state index in [1.807, 2.05) is 0 Å². The molecular formula is C8H15NO3. The first-order valence-electron chi connectivity index (χ1n) is 4.24. The number of nitrogens with zero attached hydrogens (tertiary/aromatic N) is 1. The molecule has 0 aliphatic carbocycles. The molecule has 4 heteroatoms. The lowest BCUT2D eigenvalue weighted by molar-refractivity contribution is -0.916. The molecule has 0 bridgehead atoms. The van der Waals surface area contributed by atoms with E-state index in [1.54, 1.807) is 0 Å². The Bertz CT molecular complexity index is 164. The molecule has 70 valence electrons. The fourth-order valence-electron chi connectivity index (χ4n) is 1.37. The average molecular weight is 173 g/mol. The molecule has 0 atom stereocenters. The number of carboxylic acid groups (broad SMARTS) is 1. The molecule has 0 N–H and O–H groups in total. The fourth-order valence-corrected chi connectivity index (χ4v) is 1.37. The minimum atomic E-state index is -0.958. The topological polar surface area (TPSA) is 49.4 Å². The van der Waals surface area contributed by atoms with E-state index in [9.17, 15) is 9.90 Å². The van der Waals surface area contributed by atoms with Gasteiger partial charge in [-0.3, -0.25) is 0 Å². The van der Waals surface area contributed by atoms with Crippen LogP contribution < -0.4 is 5.11 Å². The second-order valence-electron chi connectivity index (χ2n) is 3.52. The Morgan fingerprint density at radius 1 is 1.50 bits per heavy atom. The van der Waals surface area contributed by atoms with Gasteiger partial charge in [0.05, 0.1) is 26.8 Å². The SMILES string of the molecule is C[N+]1(CCC(=O)[O-])CCOCC1. The molecule has 4 nitrogen and oxygen atoms in total. The van der Waals surface area contributed by atoms with Crippen LogP contribution in [0.15, 0.2) is 0 Å². The molecule has 0 aromatic rings. The summed E-state index contributed by atoms with van der Waals surface area (Å²) in [6.07, 6.45) is 0.149. The normalized spacial score (nSPS) is 22.1. The van der Waals surface area contributed by atoms with Crippen molar-refractivity contribution >= 4 is 5.97 Å². The first kappa shape index (κ1) is 9.48. The van der Waals surface area contributed by atoms with E-state index in [-0.39, 0.29) is 6.42 Å². The summed E-state index contributed by atoms with van der Waals surface area (Å²) in [4.78, 5) is 10.2. The number of hydrogen-bond donors (Lipinski definition) is 0. The lowest BCUT2D eigenvalue weighted by Crippen LogP contribution is -2.53. The summed E-state index contributed by atoms with van der Waals surface area (Å²) >= 11 is 0. The van der Waals surface area contributed by atoms with Gasteiger partial charge in [0.15, 0.2) is 0 Å². The van der Waals surface area contributed by atoms with E-state index in [2.05, 4.69) is 7.05 Å². The predicted molar refractivity (Wildman–Crippen MR) is 41.2 cm³/mol. The summed E-state index contributed by atoms with van der Waals surface area (Å²) in [6, 6.07) is 0. The summed E-state index contributed by atoms with van der Waals surface area (Å²) in [7, 11) is 2.06. The summed E-state index contributed by atoms with van der Waals surface area (Å²) in [6.45, 7) is 3.96. The van der Waals surface area contributed by atoms with Gasteiger partial charge < -0.3 is 19.1 Å². The van der Waals surface area contributed by atoms with Crippen molar-refractivity contribution in [2.45, 2.75) is 6.42 Å². The van der Waals surface area contributed by atoms with Crippen LogP contribution in [-0.2, 0) is 9.53 Å². The number of carbonyl (C=O) groups is 1. The molecule has 12 heavy (non-hydrogen) atoms. The third-order valence-electron chi connectivity index (χ3n) is 2.41. The largest absolute Gasteiger partial charge is 0.550 e. The van der Waals surface area contributed by atoms with E-state index in [0.717, 1.165) is 30.8 Å². The van der Waals surface area contributed by atoms with Gasteiger partial charge in [-0.05, 0) is 0 Å². The van der Waals surface area contributed by atoms with Crippen molar-refractivity contribution in [1.82, 2.24) is 0 Å². The Kier molecular flexibility index (Phi) is 3.05. The maximum absolute atomic E-state index is 10.2. The van der Waals surface area contributed by atoms with E-state index < -0.39 is 5.97 Å². The zero-order valence-electron chi connectivity index (χ0n) is 7.41. The molecule has 1 aliphatic rings. The summed E-state index contributed by atoms with van der Waals surface area (Å²) in [5, 5.41) is 10.2. The molecule has 0 aromatic heterocycles. The van der Waals surface area contributed by atoms with Crippen LogP contribution in [0.1, 0.15) is 6.42 Å². The van der Waals surface area contributed by atoms with Gasteiger partial charge in [-0.15, -0.1) is 0 Å². The lowest BCUT2D eigenvalue weighted by Gasteiger charge is -2.37. The third kappa shape index (κ3) is 2.79. The van der Waals surface area contributed by atoms with Crippen LogP contribution in [0, 0.1) is 0 Å². The van der Waals surface area contributed by atoms with Crippen molar-refractivity contribution in [3.8, 4) is 0 Å². The second-order valence-corrected chi connectivity index (χ2v) is 3.52. The van der Waals surface area contributed by atoms with Gasteiger partial charge in [-0.25, -0.2) is 0 Å². The highest BCUT2D eigenvalue weighted by Crippen LogP contribution is 2.07. The lowest BCUT2D eigenvalue weighted by atomic mass is 10.3. The van der Waals surface area contributed by atoms with Crippen molar-refractivity contribution in [3.63, 3.8) is 0 Å². The Morgan fingerprint density at radius 3 is 2.58 bits per heavy atom. The summed E-state index contributed by atoms with van der Waals surface area (Å²) < 4.78 is 5.99. The highest BCUT2D eigenvalue weighted by molar-refractivity contribution is 5.64. The summed E-state index contributed by atoms with van der Waals surface area (Å²) in [5.74, 6) is -0.958. The predicted octanol–water partition coefficient (Wildman–Crippen LogP) is -1.40. The van der Waals surface area contributed by atoms with Crippen molar-refractivity contribution < 1.29 is 19.1 Å². The number of likely N-dealkylation sites (N-methyl/N-ethyl adjacent to an activating group) is 1. The van der Waals surface area contributed by atoms with Crippen LogP contribution in [0.2, 0.25) is 0 Å². The molecule has 0 radical (unpaired) electrons. The second kappa shape index (κ2) is 3.87. The van der Waals surface area contributed by atoms with Gasteiger partial charge in [0.25, 0.3) is 0 Å². The van der Waals surface area contributed by atoms with Crippen LogP contribution >= 0.6 is 0 Å². The number of aliphatic carboxylic acids is 1. The van der Waals surface area contributed by atoms with Crippen molar-refractivity contribution in [1.29, 1.82) is 0 Å². The Balaban J connectivity index is 2.31. The highest BCUT2D eigenvalue weighted by atomic mass is 16.5. The number of ether oxygens (including phenoxy) is 1. The first-order chi connectivity index (χ1) is 5.62. The zero-order chi connectivity index (χ0) is 9.03. The molecule has 1 aliphatic heterocycles. The molecule has 0 unspecified atom stereocenters. The average Bonchev–Trinajstić information content (AvgIpc) is 2.03. The molecule has 0 amide bonds. The van der Waals surface area contributed by atoms with Gasteiger partial charge in [-0.1, -0.05) is 0 Å². The van der Waals surface area contributed by atoms with Gasteiger partial charge in [0, 0.05) is 12.4 Å². The molecule has 1 rings (SSSR count). The summed E-state index contributed by atoms with van der Waals surface area (Å²) in [5.41, 5.74) is 0. The van der Waals surface area contributed by atoms with Crippen LogP contribution in [0.5, 0.6) is 0 Å². The van der Waals surface area contributed by atoms with E-state index >= 15 is 0 Å². The Hall–Kier alpha value is -0.610. The molecular weight excluding hydrogens is 158 g/mol. The van der Waals surface area contributed by atoms with Crippen LogP contribution in [0.4, 0.5) is 0 Å². The van der Waals surface area contributed by atoms with E-state index in [0.29, 0.717) is 6.54 Å². The Labute approximate surface area is 72.3 Å². The zero-order valence-corrected chi connectivity index (χ0v) is 7.41. The van der Waals surface area contributed by atoms with E-state index in [1.165, 1.54) is 0 Å². The standard InChI is InChI=1S/C8H15NO3/c1-9(3-2-8(10)11)4-6-12-7-5-9/h2-7H2,1H3. The van der Waals surface area contributed by atoms with E-state index in [4.69, 9.17) is 4.74 Å². The maximum atomic E-state index is 10.2. The molecule has 0 spiro atoms.